The molecule has 0 saturated carbocycles. The zero-order valence-electron chi connectivity index (χ0n) is 11.5. The van der Waals surface area contributed by atoms with Gasteiger partial charge in [-0.25, -0.2) is 0 Å². The Morgan fingerprint density at radius 3 is 2.85 bits per heavy atom. The summed E-state index contributed by atoms with van der Waals surface area (Å²) in [5, 5.41) is 8.97. The van der Waals surface area contributed by atoms with E-state index >= 15 is 0 Å². The molecule has 1 aliphatic heterocycles. The van der Waals surface area contributed by atoms with E-state index in [1.165, 1.54) is 0 Å². The molecule has 1 N–H and O–H groups in total. The second kappa shape index (κ2) is 7.36. The van der Waals surface area contributed by atoms with Crippen LogP contribution >= 0.6 is 11.8 Å². The third kappa shape index (κ3) is 4.02. The molecule has 2 rings (SSSR count). The maximum Gasteiger partial charge on any atom is 0.325 e. The smallest absolute Gasteiger partial charge is 0.325 e. The number of benzene rings is 1. The summed E-state index contributed by atoms with van der Waals surface area (Å²) >= 11 is 1.68. The van der Waals surface area contributed by atoms with Crippen LogP contribution in [0.15, 0.2) is 40.9 Å². The Hall–Kier alpha value is -1.46. The molecular formula is C15H19NO3S. The van der Waals surface area contributed by atoms with Gasteiger partial charge in [0.1, 0.15) is 13.2 Å². The second-order valence-electron chi connectivity index (χ2n) is 4.60. The van der Waals surface area contributed by atoms with Gasteiger partial charge in [-0.15, -0.1) is 11.8 Å². The number of carbonyl (C=O) groups is 1. The molecule has 5 heteroatoms. The summed E-state index contributed by atoms with van der Waals surface area (Å²) in [6, 6.07) is 9.65. The standard InChI is InChI=1S/C15H19NO3S/c1-12-14(7-8-17)20-11-16(12)9-15(18)19-10-13-5-3-2-4-6-13/h2-6,17H,7-11H2,1H3. The number of aliphatic hydroxyl groups is 1. The van der Waals surface area contributed by atoms with Crippen molar-refractivity contribution < 1.29 is 14.6 Å². The normalized spacial score (nSPS) is 14.8. The van der Waals surface area contributed by atoms with Crippen molar-refractivity contribution in [2.45, 2.75) is 20.0 Å². The second-order valence-corrected chi connectivity index (χ2v) is 5.64. The van der Waals surface area contributed by atoms with Gasteiger partial charge < -0.3 is 14.7 Å². The third-order valence-corrected chi connectivity index (χ3v) is 4.46. The summed E-state index contributed by atoms with van der Waals surface area (Å²) in [6.07, 6.45) is 0.659. The van der Waals surface area contributed by atoms with Gasteiger partial charge in [0, 0.05) is 23.6 Å². The predicted molar refractivity (Wildman–Crippen MR) is 79.8 cm³/mol. The average Bonchev–Trinajstić information content (AvgIpc) is 2.80. The van der Waals surface area contributed by atoms with Crippen LogP contribution in [-0.2, 0) is 16.1 Å². The third-order valence-electron chi connectivity index (χ3n) is 3.17. The van der Waals surface area contributed by atoms with Gasteiger partial charge in [-0.3, -0.25) is 4.79 Å². The molecule has 0 saturated heterocycles. The number of hydrogen-bond donors (Lipinski definition) is 1. The monoisotopic (exact) mass is 293 g/mol. The lowest BCUT2D eigenvalue weighted by atomic mass is 10.2. The number of rotatable bonds is 6. The first-order chi connectivity index (χ1) is 9.70. The van der Waals surface area contributed by atoms with Crippen LogP contribution in [0.25, 0.3) is 0 Å². The zero-order chi connectivity index (χ0) is 14.4. The number of carbonyl (C=O) groups excluding carboxylic acids is 1. The predicted octanol–water partition coefficient (Wildman–Crippen LogP) is 2.35. The summed E-state index contributed by atoms with van der Waals surface area (Å²) < 4.78 is 5.27. The van der Waals surface area contributed by atoms with E-state index in [0.29, 0.717) is 13.0 Å². The van der Waals surface area contributed by atoms with Crippen LogP contribution in [0, 0.1) is 0 Å². The molecular weight excluding hydrogens is 274 g/mol. The number of nitrogens with zero attached hydrogens (tertiary/aromatic N) is 1. The molecule has 1 aromatic carbocycles. The van der Waals surface area contributed by atoms with E-state index in [-0.39, 0.29) is 19.1 Å². The molecule has 1 aliphatic rings. The largest absolute Gasteiger partial charge is 0.459 e. The lowest BCUT2D eigenvalue weighted by molar-refractivity contribution is -0.145. The van der Waals surface area contributed by atoms with Crippen molar-refractivity contribution in [2.24, 2.45) is 0 Å². The minimum atomic E-state index is -0.223. The Morgan fingerprint density at radius 2 is 2.15 bits per heavy atom. The molecule has 0 amide bonds. The molecule has 0 bridgehead atoms. The Bertz CT molecular complexity index is 487. The first-order valence-electron chi connectivity index (χ1n) is 6.58. The van der Waals surface area contributed by atoms with Crippen LogP contribution in [0.4, 0.5) is 0 Å². The molecule has 0 radical (unpaired) electrons. The SMILES string of the molecule is CC1=C(CCO)SCN1CC(=O)OCc1ccccc1. The Balaban J connectivity index is 1.81. The van der Waals surface area contributed by atoms with Gasteiger partial charge in [-0.2, -0.15) is 0 Å². The molecule has 108 valence electrons. The fourth-order valence-corrected chi connectivity index (χ4v) is 3.16. The zero-order valence-corrected chi connectivity index (χ0v) is 12.4. The maximum absolute atomic E-state index is 11.8. The van der Waals surface area contributed by atoms with Crippen LogP contribution in [0.5, 0.6) is 0 Å². The quantitative estimate of drug-likeness (QED) is 0.816. The van der Waals surface area contributed by atoms with Crippen molar-refractivity contribution >= 4 is 17.7 Å². The number of hydrogen-bond acceptors (Lipinski definition) is 5. The van der Waals surface area contributed by atoms with E-state index in [1.54, 1.807) is 11.8 Å². The number of allylic oxidation sites excluding steroid dienone is 1. The van der Waals surface area contributed by atoms with E-state index < -0.39 is 0 Å². The van der Waals surface area contributed by atoms with Gasteiger partial charge in [-0.05, 0) is 12.5 Å². The van der Waals surface area contributed by atoms with Crippen LogP contribution in [-0.4, -0.2) is 35.0 Å². The Kier molecular flexibility index (Phi) is 5.49. The average molecular weight is 293 g/mol. The Labute approximate surface area is 123 Å². The molecule has 4 nitrogen and oxygen atoms in total. The van der Waals surface area contributed by atoms with Gasteiger partial charge in [0.2, 0.25) is 0 Å². The van der Waals surface area contributed by atoms with Gasteiger partial charge >= 0.3 is 5.97 Å². The molecule has 0 aromatic heterocycles. The molecule has 0 fully saturated rings. The van der Waals surface area contributed by atoms with Crippen molar-refractivity contribution in [2.75, 3.05) is 19.0 Å². The number of esters is 1. The van der Waals surface area contributed by atoms with E-state index in [9.17, 15) is 4.79 Å². The van der Waals surface area contributed by atoms with Gasteiger partial charge in [0.05, 0.1) is 5.88 Å². The number of aliphatic hydroxyl groups excluding tert-OH is 1. The van der Waals surface area contributed by atoms with Crippen molar-refractivity contribution in [3.63, 3.8) is 0 Å². The summed E-state index contributed by atoms with van der Waals surface area (Å²) in [6.45, 7) is 2.70. The van der Waals surface area contributed by atoms with E-state index in [1.807, 2.05) is 42.2 Å². The molecule has 20 heavy (non-hydrogen) atoms. The first kappa shape index (κ1) is 14.9. The van der Waals surface area contributed by atoms with Gasteiger partial charge in [-0.1, -0.05) is 30.3 Å². The van der Waals surface area contributed by atoms with Crippen molar-refractivity contribution in [3.05, 3.63) is 46.5 Å². The fraction of sp³-hybridized carbons (Fsp3) is 0.400. The maximum atomic E-state index is 11.8. The molecule has 0 unspecified atom stereocenters. The van der Waals surface area contributed by atoms with Crippen molar-refractivity contribution in [1.82, 2.24) is 4.90 Å². The minimum absolute atomic E-state index is 0.145. The van der Waals surface area contributed by atoms with Crippen LogP contribution in [0.2, 0.25) is 0 Å². The van der Waals surface area contributed by atoms with Crippen molar-refractivity contribution in [1.29, 1.82) is 0 Å². The van der Waals surface area contributed by atoms with E-state index in [2.05, 4.69) is 0 Å². The van der Waals surface area contributed by atoms with Gasteiger partial charge in [0.15, 0.2) is 0 Å². The van der Waals surface area contributed by atoms with Crippen LogP contribution in [0.1, 0.15) is 18.9 Å². The number of ether oxygens (including phenoxy) is 1. The summed E-state index contributed by atoms with van der Waals surface area (Å²) in [5.41, 5.74) is 2.06. The first-order valence-corrected chi connectivity index (χ1v) is 7.57. The van der Waals surface area contributed by atoms with E-state index in [0.717, 1.165) is 22.0 Å². The molecule has 0 aliphatic carbocycles. The highest BCUT2D eigenvalue weighted by molar-refractivity contribution is 8.03. The van der Waals surface area contributed by atoms with Crippen LogP contribution < -0.4 is 0 Å². The van der Waals surface area contributed by atoms with Crippen LogP contribution in [0.3, 0.4) is 0 Å². The highest BCUT2D eigenvalue weighted by atomic mass is 32.2. The van der Waals surface area contributed by atoms with Crippen molar-refractivity contribution in [3.8, 4) is 0 Å². The number of thioether (sulfide) groups is 1. The topological polar surface area (TPSA) is 49.8 Å². The molecule has 0 spiro atoms. The lowest BCUT2D eigenvalue weighted by Gasteiger charge is -2.18. The highest BCUT2D eigenvalue weighted by Crippen LogP contribution is 2.33. The summed E-state index contributed by atoms with van der Waals surface area (Å²) in [4.78, 5) is 15.0. The minimum Gasteiger partial charge on any atom is -0.459 e. The molecule has 1 heterocycles. The summed E-state index contributed by atoms with van der Waals surface area (Å²) in [7, 11) is 0. The lowest BCUT2D eigenvalue weighted by Crippen LogP contribution is -2.27. The van der Waals surface area contributed by atoms with E-state index in [4.69, 9.17) is 9.84 Å². The van der Waals surface area contributed by atoms with Gasteiger partial charge in [0.25, 0.3) is 0 Å². The fourth-order valence-electron chi connectivity index (χ4n) is 1.99. The summed E-state index contributed by atoms with van der Waals surface area (Å²) in [5.74, 6) is 0.528. The highest BCUT2D eigenvalue weighted by Gasteiger charge is 2.21. The Morgan fingerprint density at radius 1 is 1.40 bits per heavy atom. The molecule has 0 atom stereocenters. The molecule has 1 aromatic rings.